The van der Waals surface area contributed by atoms with Gasteiger partial charge in [0.15, 0.2) is 0 Å². The minimum absolute atomic E-state index is 0.187. The molecule has 19 heavy (non-hydrogen) atoms. The van der Waals surface area contributed by atoms with Gasteiger partial charge in [-0.15, -0.1) is 6.58 Å². The Hall–Kier alpha value is -0.900. The lowest BCUT2D eigenvalue weighted by atomic mass is 9.99. The first-order chi connectivity index (χ1) is 9.22. The van der Waals surface area contributed by atoms with Crippen molar-refractivity contribution in [2.24, 2.45) is 0 Å². The molecule has 2 rings (SSSR count). The zero-order chi connectivity index (χ0) is 13.7. The molecule has 0 radical (unpaired) electrons. The number of halogens is 2. The third-order valence-electron chi connectivity index (χ3n) is 3.57. The van der Waals surface area contributed by atoms with Gasteiger partial charge in [-0.05, 0) is 30.5 Å². The molecule has 0 spiro atoms. The van der Waals surface area contributed by atoms with Gasteiger partial charge in [0.25, 0.3) is 0 Å². The molecule has 1 aromatic carbocycles. The van der Waals surface area contributed by atoms with Crippen LogP contribution >= 0.6 is 11.6 Å². The van der Waals surface area contributed by atoms with E-state index in [1.165, 1.54) is 0 Å². The Bertz CT molecular complexity index is 430. The fourth-order valence-electron chi connectivity index (χ4n) is 2.55. The summed E-state index contributed by atoms with van der Waals surface area (Å²) in [5.41, 5.74) is 1.01. The van der Waals surface area contributed by atoms with Crippen molar-refractivity contribution in [1.82, 2.24) is 10.2 Å². The number of hydrogen-bond donors (Lipinski definition) is 1. The molecule has 1 aliphatic heterocycles. The highest BCUT2D eigenvalue weighted by atomic mass is 35.5. The number of rotatable bonds is 5. The molecule has 1 aromatic rings. The van der Waals surface area contributed by atoms with Crippen LogP contribution in [0.15, 0.2) is 30.9 Å². The van der Waals surface area contributed by atoms with E-state index in [1.54, 1.807) is 12.1 Å². The second-order valence-electron chi connectivity index (χ2n) is 4.84. The second-order valence-corrected chi connectivity index (χ2v) is 5.25. The molecule has 2 nitrogen and oxygen atoms in total. The van der Waals surface area contributed by atoms with Gasteiger partial charge in [-0.3, -0.25) is 4.90 Å². The number of benzene rings is 1. The highest BCUT2D eigenvalue weighted by Crippen LogP contribution is 2.28. The Kier molecular flexibility index (Phi) is 5.37. The topological polar surface area (TPSA) is 15.3 Å². The van der Waals surface area contributed by atoms with Gasteiger partial charge in [0, 0.05) is 32.2 Å². The number of hydrogen-bond acceptors (Lipinski definition) is 2. The summed E-state index contributed by atoms with van der Waals surface area (Å²) >= 11 is 5.76. The summed E-state index contributed by atoms with van der Waals surface area (Å²) in [5, 5.41) is 3.53. The molecule has 104 valence electrons. The van der Waals surface area contributed by atoms with Gasteiger partial charge in [-0.2, -0.15) is 0 Å². The van der Waals surface area contributed by atoms with E-state index in [0.29, 0.717) is 0 Å². The van der Waals surface area contributed by atoms with Crippen molar-refractivity contribution in [1.29, 1.82) is 0 Å². The molecule has 0 aromatic heterocycles. The molecule has 0 saturated carbocycles. The largest absolute Gasteiger partial charge is 0.314 e. The van der Waals surface area contributed by atoms with E-state index in [2.05, 4.69) is 16.8 Å². The SMILES string of the molecule is C=CCC[C@@H](c1ccc(Cl)c(F)c1)N1CCNCC1. The molecule has 0 bridgehead atoms. The Labute approximate surface area is 119 Å². The van der Waals surface area contributed by atoms with Gasteiger partial charge in [-0.1, -0.05) is 23.7 Å². The quantitative estimate of drug-likeness (QED) is 0.833. The highest BCUT2D eigenvalue weighted by molar-refractivity contribution is 6.30. The Balaban J connectivity index is 2.19. The van der Waals surface area contributed by atoms with Crippen molar-refractivity contribution in [2.75, 3.05) is 26.2 Å². The lowest BCUT2D eigenvalue weighted by Crippen LogP contribution is -2.45. The number of nitrogens with zero attached hydrogens (tertiary/aromatic N) is 1. The normalized spacial score (nSPS) is 18.2. The minimum Gasteiger partial charge on any atom is -0.314 e. The molecule has 1 saturated heterocycles. The first kappa shape index (κ1) is 14.5. The van der Waals surface area contributed by atoms with Crippen molar-refractivity contribution in [3.05, 3.63) is 47.3 Å². The average Bonchev–Trinajstić information content (AvgIpc) is 2.44. The third kappa shape index (κ3) is 3.78. The number of allylic oxidation sites excluding steroid dienone is 1. The lowest BCUT2D eigenvalue weighted by Gasteiger charge is -2.35. The molecule has 1 aliphatic rings. The fraction of sp³-hybridized carbons (Fsp3) is 0.467. The molecule has 0 unspecified atom stereocenters. The maximum atomic E-state index is 13.6. The summed E-state index contributed by atoms with van der Waals surface area (Å²) in [6.45, 7) is 7.73. The van der Waals surface area contributed by atoms with Crippen LogP contribution in [0.4, 0.5) is 4.39 Å². The molecular weight excluding hydrogens is 263 g/mol. The molecule has 1 fully saturated rings. The second kappa shape index (κ2) is 7.04. The van der Waals surface area contributed by atoms with Crippen LogP contribution in [0.1, 0.15) is 24.4 Å². The van der Waals surface area contributed by atoms with Crippen LogP contribution in [0.5, 0.6) is 0 Å². The van der Waals surface area contributed by atoms with E-state index in [1.807, 2.05) is 12.1 Å². The fourth-order valence-corrected chi connectivity index (χ4v) is 2.67. The maximum absolute atomic E-state index is 13.6. The summed E-state index contributed by atoms with van der Waals surface area (Å²) in [4.78, 5) is 2.41. The molecule has 4 heteroatoms. The molecule has 0 aliphatic carbocycles. The lowest BCUT2D eigenvalue weighted by molar-refractivity contribution is 0.166. The van der Waals surface area contributed by atoms with Crippen LogP contribution in [-0.4, -0.2) is 31.1 Å². The monoisotopic (exact) mass is 282 g/mol. The van der Waals surface area contributed by atoms with E-state index in [-0.39, 0.29) is 16.9 Å². The first-order valence-electron chi connectivity index (χ1n) is 6.73. The summed E-state index contributed by atoms with van der Waals surface area (Å²) in [7, 11) is 0. The Morgan fingerprint density at radius 2 is 2.16 bits per heavy atom. The minimum atomic E-state index is -0.335. The van der Waals surface area contributed by atoms with Crippen LogP contribution in [0.3, 0.4) is 0 Å². The van der Waals surface area contributed by atoms with E-state index < -0.39 is 0 Å². The summed E-state index contributed by atoms with van der Waals surface area (Å²) < 4.78 is 13.6. The van der Waals surface area contributed by atoms with Gasteiger partial charge in [0.05, 0.1) is 5.02 Å². The van der Waals surface area contributed by atoms with Gasteiger partial charge in [0.2, 0.25) is 0 Å². The van der Waals surface area contributed by atoms with Crippen molar-refractivity contribution < 1.29 is 4.39 Å². The van der Waals surface area contributed by atoms with Crippen LogP contribution < -0.4 is 5.32 Å². The average molecular weight is 283 g/mol. The third-order valence-corrected chi connectivity index (χ3v) is 3.87. The predicted molar refractivity (Wildman–Crippen MR) is 78.0 cm³/mol. The van der Waals surface area contributed by atoms with Crippen molar-refractivity contribution >= 4 is 11.6 Å². The van der Waals surface area contributed by atoms with Crippen molar-refractivity contribution in [2.45, 2.75) is 18.9 Å². The molecular formula is C15H20ClFN2. The zero-order valence-corrected chi connectivity index (χ0v) is 11.8. The Morgan fingerprint density at radius 1 is 1.42 bits per heavy atom. The Morgan fingerprint density at radius 3 is 2.79 bits per heavy atom. The van der Waals surface area contributed by atoms with Crippen LogP contribution in [0.25, 0.3) is 0 Å². The van der Waals surface area contributed by atoms with Gasteiger partial charge in [-0.25, -0.2) is 4.39 Å². The van der Waals surface area contributed by atoms with E-state index in [9.17, 15) is 4.39 Å². The summed E-state index contributed by atoms with van der Waals surface area (Å²) in [6, 6.07) is 5.39. The smallest absolute Gasteiger partial charge is 0.142 e. The zero-order valence-electron chi connectivity index (χ0n) is 11.0. The van der Waals surface area contributed by atoms with Gasteiger partial charge in [0.1, 0.15) is 5.82 Å². The maximum Gasteiger partial charge on any atom is 0.142 e. The van der Waals surface area contributed by atoms with Crippen LogP contribution in [0, 0.1) is 5.82 Å². The predicted octanol–water partition coefficient (Wildman–Crippen LogP) is 3.39. The van der Waals surface area contributed by atoms with Crippen molar-refractivity contribution in [3.8, 4) is 0 Å². The molecule has 1 atom stereocenters. The number of nitrogens with one attached hydrogen (secondary N) is 1. The highest BCUT2D eigenvalue weighted by Gasteiger charge is 2.22. The summed E-state index contributed by atoms with van der Waals surface area (Å²) in [5.74, 6) is -0.335. The van der Waals surface area contributed by atoms with Gasteiger partial charge < -0.3 is 5.32 Å². The summed E-state index contributed by atoms with van der Waals surface area (Å²) in [6.07, 6.45) is 3.81. The standard InChI is InChI=1S/C15H20ClFN2/c1-2-3-4-15(19-9-7-18-8-10-19)12-5-6-13(16)14(17)11-12/h2,5-6,11,15,18H,1,3-4,7-10H2/t15-/m0/s1. The van der Waals surface area contributed by atoms with Crippen LogP contribution in [0.2, 0.25) is 5.02 Å². The first-order valence-corrected chi connectivity index (χ1v) is 7.11. The van der Waals surface area contributed by atoms with E-state index in [4.69, 9.17) is 11.6 Å². The molecule has 0 amide bonds. The van der Waals surface area contributed by atoms with E-state index in [0.717, 1.165) is 44.6 Å². The number of piperazine rings is 1. The molecule has 1 N–H and O–H groups in total. The van der Waals surface area contributed by atoms with E-state index >= 15 is 0 Å². The molecule has 1 heterocycles. The van der Waals surface area contributed by atoms with Crippen LogP contribution in [-0.2, 0) is 0 Å². The van der Waals surface area contributed by atoms with Crippen molar-refractivity contribution in [3.63, 3.8) is 0 Å². The van der Waals surface area contributed by atoms with Gasteiger partial charge >= 0.3 is 0 Å².